The fraction of sp³-hybridized carbons (Fsp3) is 0.412. The number of allylic oxidation sites excluding steroid dienone is 1. The van der Waals surface area contributed by atoms with Gasteiger partial charge in [0.05, 0.1) is 30.4 Å². The zero-order chi connectivity index (χ0) is 19.6. The Labute approximate surface area is 164 Å². The van der Waals surface area contributed by atoms with E-state index in [9.17, 15) is 4.79 Å². The van der Waals surface area contributed by atoms with Gasteiger partial charge in [-0.15, -0.1) is 0 Å². The molecular weight excluding hydrogens is 418 g/mol. The Morgan fingerprint density at radius 2 is 2.11 bits per heavy atom. The average Bonchev–Trinajstić information content (AvgIpc) is 3.10. The highest BCUT2D eigenvalue weighted by Gasteiger charge is 2.35. The molecule has 1 aromatic carbocycles. The van der Waals surface area contributed by atoms with Crippen LogP contribution in [0.2, 0.25) is 0 Å². The summed E-state index contributed by atoms with van der Waals surface area (Å²) in [6.45, 7) is 6.20. The van der Waals surface area contributed by atoms with E-state index >= 15 is 0 Å². The van der Waals surface area contributed by atoms with Crippen LogP contribution in [0.1, 0.15) is 32.4 Å². The number of carbonyl (C=O) groups is 1. The highest BCUT2D eigenvalue weighted by atomic mass is 79.9. The summed E-state index contributed by atoms with van der Waals surface area (Å²) in [5.41, 5.74) is 1.80. The standard InChI is InChI=1S/C17H20BrN5O4/c1-5-26-15-11(18)7-10(8-12(15)25-4)14-13(16(24)27-6-2)9(3)19-17-20-21-22-23(14)17/h7-8,14H,5-6H2,1-4H3,(H,19,20,22). The summed E-state index contributed by atoms with van der Waals surface area (Å²) in [7, 11) is 1.56. The molecule has 0 spiro atoms. The highest BCUT2D eigenvalue weighted by Crippen LogP contribution is 2.42. The monoisotopic (exact) mass is 437 g/mol. The minimum absolute atomic E-state index is 0.265. The molecule has 1 N–H and O–H groups in total. The third kappa shape index (κ3) is 3.48. The Morgan fingerprint density at radius 1 is 1.33 bits per heavy atom. The van der Waals surface area contributed by atoms with Gasteiger partial charge in [-0.05, 0) is 64.8 Å². The van der Waals surface area contributed by atoms with Crippen LogP contribution in [0.15, 0.2) is 27.9 Å². The molecular formula is C17H20BrN5O4. The zero-order valence-electron chi connectivity index (χ0n) is 15.4. The summed E-state index contributed by atoms with van der Waals surface area (Å²) in [4.78, 5) is 12.7. The summed E-state index contributed by atoms with van der Waals surface area (Å²) in [5, 5.41) is 14.8. The lowest BCUT2D eigenvalue weighted by atomic mass is 9.95. The molecule has 10 heteroatoms. The van der Waals surface area contributed by atoms with Gasteiger partial charge in [0.15, 0.2) is 11.5 Å². The lowest BCUT2D eigenvalue weighted by Gasteiger charge is -2.28. The number of methoxy groups -OCH3 is 1. The van der Waals surface area contributed by atoms with Crippen molar-refractivity contribution in [2.45, 2.75) is 26.8 Å². The van der Waals surface area contributed by atoms with E-state index in [4.69, 9.17) is 14.2 Å². The predicted molar refractivity (Wildman–Crippen MR) is 101 cm³/mol. The maximum Gasteiger partial charge on any atom is 0.338 e. The Morgan fingerprint density at radius 3 is 2.78 bits per heavy atom. The number of carbonyl (C=O) groups excluding carboxylic acids is 1. The molecule has 144 valence electrons. The molecule has 2 heterocycles. The van der Waals surface area contributed by atoms with E-state index in [1.165, 1.54) is 0 Å². The fourth-order valence-electron chi connectivity index (χ4n) is 2.98. The van der Waals surface area contributed by atoms with Gasteiger partial charge in [0.1, 0.15) is 6.04 Å². The van der Waals surface area contributed by atoms with Crippen molar-refractivity contribution in [3.05, 3.63) is 33.4 Å². The van der Waals surface area contributed by atoms with E-state index < -0.39 is 12.0 Å². The number of anilines is 1. The molecule has 2 aromatic rings. The summed E-state index contributed by atoms with van der Waals surface area (Å²) < 4.78 is 18.6. The molecule has 1 atom stereocenters. The third-order valence-electron chi connectivity index (χ3n) is 4.07. The van der Waals surface area contributed by atoms with Gasteiger partial charge in [0.2, 0.25) is 5.95 Å². The normalized spacial score (nSPS) is 15.8. The molecule has 1 aliphatic rings. The molecule has 3 rings (SSSR count). The SMILES string of the molecule is CCOC(=O)C1=C(C)Nc2nnnn2C1c1cc(Br)c(OCC)c(OC)c1. The lowest BCUT2D eigenvalue weighted by molar-refractivity contribution is -0.139. The number of halogens is 1. The number of hydrogen-bond donors (Lipinski definition) is 1. The molecule has 1 aliphatic heterocycles. The second-order valence-electron chi connectivity index (χ2n) is 5.70. The first-order chi connectivity index (χ1) is 13.0. The molecule has 0 aliphatic carbocycles. The maximum absolute atomic E-state index is 12.7. The molecule has 1 unspecified atom stereocenters. The Hall–Kier alpha value is -2.62. The van der Waals surface area contributed by atoms with Crippen LogP contribution in [0.4, 0.5) is 5.95 Å². The van der Waals surface area contributed by atoms with Crippen molar-refractivity contribution in [3.63, 3.8) is 0 Å². The minimum atomic E-state index is -0.573. The van der Waals surface area contributed by atoms with Gasteiger partial charge in [0.25, 0.3) is 0 Å². The number of fused-ring (bicyclic) bond motifs is 1. The van der Waals surface area contributed by atoms with Crippen LogP contribution in [0.5, 0.6) is 11.5 Å². The van der Waals surface area contributed by atoms with E-state index in [2.05, 4.69) is 36.8 Å². The van der Waals surface area contributed by atoms with Gasteiger partial charge in [0, 0.05) is 5.70 Å². The number of hydrogen-bond acceptors (Lipinski definition) is 8. The molecule has 0 fully saturated rings. The van der Waals surface area contributed by atoms with Gasteiger partial charge in [-0.2, -0.15) is 4.68 Å². The summed E-state index contributed by atoms with van der Waals surface area (Å²) in [6, 6.07) is 3.10. The largest absolute Gasteiger partial charge is 0.493 e. The topological polar surface area (TPSA) is 100 Å². The summed E-state index contributed by atoms with van der Waals surface area (Å²) in [6.07, 6.45) is 0. The molecule has 0 amide bonds. The first-order valence-corrected chi connectivity index (χ1v) is 9.24. The molecule has 27 heavy (non-hydrogen) atoms. The van der Waals surface area contributed by atoms with E-state index in [0.717, 1.165) is 5.56 Å². The second kappa shape index (κ2) is 7.95. The zero-order valence-corrected chi connectivity index (χ0v) is 17.0. The first-order valence-electron chi connectivity index (χ1n) is 8.44. The van der Waals surface area contributed by atoms with Crippen LogP contribution >= 0.6 is 15.9 Å². The van der Waals surface area contributed by atoms with E-state index in [1.807, 2.05) is 19.1 Å². The quantitative estimate of drug-likeness (QED) is 0.688. The van der Waals surface area contributed by atoms with Crippen LogP contribution in [0.25, 0.3) is 0 Å². The Bertz CT molecular complexity index is 895. The summed E-state index contributed by atoms with van der Waals surface area (Å²) >= 11 is 3.53. The van der Waals surface area contributed by atoms with Crippen molar-refractivity contribution >= 4 is 27.8 Å². The van der Waals surface area contributed by atoms with Crippen molar-refractivity contribution in [1.82, 2.24) is 20.2 Å². The molecule has 9 nitrogen and oxygen atoms in total. The van der Waals surface area contributed by atoms with Crippen molar-refractivity contribution in [3.8, 4) is 11.5 Å². The van der Waals surface area contributed by atoms with Gasteiger partial charge < -0.3 is 19.5 Å². The van der Waals surface area contributed by atoms with Gasteiger partial charge in [-0.1, -0.05) is 5.10 Å². The number of nitrogens with zero attached hydrogens (tertiary/aromatic N) is 4. The summed E-state index contributed by atoms with van der Waals surface area (Å²) in [5.74, 6) is 1.13. The van der Waals surface area contributed by atoms with Crippen LogP contribution in [-0.4, -0.2) is 46.5 Å². The van der Waals surface area contributed by atoms with Crippen LogP contribution in [-0.2, 0) is 9.53 Å². The van der Waals surface area contributed by atoms with E-state index in [0.29, 0.717) is 39.8 Å². The molecule has 0 radical (unpaired) electrons. The Kier molecular flexibility index (Phi) is 5.64. The fourth-order valence-corrected chi connectivity index (χ4v) is 3.55. The number of nitrogens with one attached hydrogen (secondary N) is 1. The van der Waals surface area contributed by atoms with Gasteiger partial charge in [-0.25, -0.2) is 4.79 Å². The number of benzene rings is 1. The molecule has 0 saturated heterocycles. The van der Waals surface area contributed by atoms with Gasteiger partial charge >= 0.3 is 5.97 Å². The number of esters is 1. The van der Waals surface area contributed by atoms with Crippen molar-refractivity contribution in [2.24, 2.45) is 0 Å². The average molecular weight is 438 g/mol. The van der Waals surface area contributed by atoms with Crippen LogP contribution in [0.3, 0.4) is 0 Å². The number of ether oxygens (including phenoxy) is 3. The molecule has 1 aromatic heterocycles. The molecule has 0 saturated carbocycles. The van der Waals surface area contributed by atoms with Crippen molar-refractivity contribution in [1.29, 1.82) is 0 Å². The lowest BCUT2D eigenvalue weighted by Crippen LogP contribution is -2.29. The first kappa shape index (κ1) is 19.2. The number of rotatable bonds is 6. The van der Waals surface area contributed by atoms with Crippen LogP contribution < -0.4 is 14.8 Å². The van der Waals surface area contributed by atoms with Crippen molar-refractivity contribution in [2.75, 3.05) is 25.6 Å². The van der Waals surface area contributed by atoms with E-state index in [1.54, 1.807) is 25.6 Å². The Balaban J connectivity index is 2.18. The highest BCUT2D eigenvalue weighted by molar-refractivity contribution is 9.10. The number of tetrazole rings is 1. The van der Waals surface area contributed by atoms with Crippen LogP contribution in [0, 0.1) is 0 Å². The second-order valence-corrected chi connectivity index (χ2v) is 6.56. The third-order valence-corrected chi connectivity index (χ3v) is 4.65. The van der Waals surface area contributed by atoms with E-state index in [-0.39, 0.29) is 6.61 Å². The predicted octanol–water partition coefficient (Wildman–Crippen LogP) is 2.69. The van der Waals surface area contributed by atoms with Crippen molar-refractivity contribution < 1.29 is 19.0 Å². The van der Waals surface area contributed by atoms with Gasteiger partial charge in [-0.3, -0.25) is 0 Å². The smallest absolute Gasteiger partial charge is 0.338 e. The minimum Gasteiger partial charge on any atom is -0.493 e. The maximum atomic E-state index is 12.7. The molecule has 0 bridgehead atoms. The number of aromatic nitrogens is 4.